The Morgan fingerprint density at radius 3 is 1.09 bits per heavy atom. The SMILES string of the molecule is CCCCCCCCCCCN(CCCCCCCCCCC)C(=O)C(F)(F)C(F)(F)F. The summed E-state index contributed by atoms with van der Waals surface area (Å²) in [4.78, 5) is 12.7. The zero-order chi connectivity index (χ0) is 24.3. The molecule has 0 aromatic heterocycles. The Morgan fingerprint density at radius 2 is 0.812 bits per heavy atom. The normalized spacial score (nSPS) is 12.3. The Balaban J connectivity index is 4.35. The molecule has 192 valence electrons. The van der Waals surface area contributed by atoms with Crippen molar-refractivity contribution in [2.45, 2.75) is 142 Å². The second-order valence-electron chi connectivity index (χ2n) is 9.02. The molecule has 1 amide bonds. The molecule has 0 spiro atoms. The van der Waals surface area contributed by atoms with Crippen LogP contribution < -0.4 is 0 Å². The number of unbranched alkanes of at least 4 members (excludes halogenated alkanes) is 16. The van der Waals surface area contributed by atoms with Gasteiger partial charge in [0, 0.05) is 13.1 Å². The first-order valence-corrected chi connectivity index (χ1v) is 12.9. The highest BCUT2D eigenvalue weighted by molar-refractivity contribution is 5.84. The van der Waals surface area contributed by atoms with Gasteiger partial charge in [0.15, 0.2) is 0 Å². The second-order valence-corrected chi connectivity index (χ2v) is 9.02. The first-order valence-electron chi connectivity index (χ1n) is 12.9. The number of rotatable bonds is 21. The number of carbonyl (C=O) groups is 1. The Hall–Kier alpha value is -0.880. The van der Waals surface area contributed by atoms with Gasteiger partial charge in [0.25, 0.3) is 0 Å². The van der Waals surface area contributed by atoms with Gasteiger partial charge in [0.1, 0.15) is 0 Å². The number of hydrogen-bond acceptors (Lipinski definition) is 1. The van der Waals surface area contributed by atoms with Crippen LogP contribution in [0.15, 0.2) is 0 Å². The summed E-state index contributed by atoms with van der Waals surface area (Å²) >= 11 is 0. The molecular formula is C25H46F5NO. The number of halogens is 5. The standard InChI is InChI=1S/C25H46F5NO/c1-3-5-7-9-11-13-15-17-19-21-31(23(32)24(26,27)25(28,29)30)22-20-18-16-14-12-10-8-6-4-2/h3-22H2,1-2H3. The lowest BCUT2D eigenvalue weighted by Crippen LogP contribution is -2.52. The van der Waals surface area contributed by atoms with Crippen molar-refractivity contribution in [3.63, 3.8) is 0 Å². The summed E-state index contributed by atoms with van der Waals surface area (Å²) in [5.74, 6) is -7.41. The summed E-state index contributed by atoms with van der Waals surface area (Å²) in [5.41, 5.74) is 0. The van der Waals surface area contributed by atoms with Crippen LogP contribution in [0.2, 0.25) is 0 Å². The molecule has 0 heterocycles. The zero-order valence-electron chi connectivity index (χ0n) is 20.4. The lowest BCUT2D eigenvalue weighted by atomic mass is 10.1. The van der Waals surface area contributed by atoms with E-state index in [1.165, 1.54) is 51.4 Å². The van der Waals surface area contributed by atoms with Crippen LogP contribution in [0.1, 0.15) is 129 Å². The molecule has 0 rings (SSSR count). The maximum atomic E-state index is 13.6. The van der Waals surface area contributed by atoms with Crippen molar-refractivity contribution < 1.29 is 26.7 Å². The molecule has 0 aliphatic heterocycles. The lowest BCUT2D eigenvalue weighted by Gasteiger charge is -2.28. The fourth-order valence-corrected chi connectivity index (χ4v) is 3.86. The number of nitrogens with zero attached hydrogens (tertiary/aromatic N) is 1. The molecule has 0 N–H and O–H groups in total. The minimum atomic E-state index is -5.85. The molecule has 0 radical (unpaired) electrons. The first kappa shape index (κ1) is 31.1. The number of carbonyl (C=O) groups excluding carboxylic acids is 1. The zero-order valence-corrected chi connectivity index (χ0v) is 20.4. The predicted octanol–water partition coefficient (Wildman–Crippen LogP) is 9.07. The van der Waals surface area contributed by atoms with Gasteiger partial charge in [-0.3, -0.25) is 4.79 Å². The van der Waals surface area contributed by atoms with E-state index >= 15 is 0 Å². The molecule has 7 heteroatoms. The third kappa shape index (κ3) is 14.3. The van der Waals surface area contributed by atoms with Crippen LogP contribution in [-0.2, 0) is 4.79 Å². The van der Waals surface area contributed by atoms with E-state index in [4.69, 9.17) is 0 Å². The fourth-order valence-electron chi connectivity index (χ4n) is 3.86. The average molecular weight is 472 g/mol. The smallest absolute Gasteiger partial charge is 0.337 e. The van der Waals surface area contributed by atoms with Crippen LogP contribution in [-0.4, -0.2) is 36.0 Å². The summed E-state index contributed by atoms with van der Waals surface area (Å²) < 4.78 is 65.3. The maximum Gasteiger partial charge on any atom is 0.463 e. The molecule has 0 aliphatic rings. The van der Waals surface area contributed by atoms with E-state index in [1.807, 2.05) is 0 Å². The van der Waals surface area contributed by atoms with E-state index in [1.54, 1.807) is 0 Å². The fraction of sp³-hybridized carbons (Fsp3) is 0.960. The predicted molar refractivity (Wildman–Crippen MR) is 122 cm³/mol. The first-order chi connectivity index (χ1) is 15.2. The number of alkyl halides is 5. The van der Waals surface area contributed by atoms with Crippen molar-refractivity contribution in [2.75, 3.05) is 13.1 Å². The van der Waals surface area contributed by atoms with Crippen molar-refractivity contribution in [3.8, 4) is 0 Å². The minimum Gasteiger partial charge on any atom is -0.337 e. The molecule has 0 aromatic carbocycles. The van der Waals surface area contributed by atoms with Gasteiger partial charge in [-0.15, -0.1) is 0 Å². The minimum absolute atomic E-state index is 0.0304. The average Bonchev–Trinajstić information content (AvgIpc) is 2.74. The van der Waals surface area contributed by atoms with E-state index in [0.29, 0.717) is 12.8 Å². The van der Waals surface area contributed by atoms with Crippen LogP contribution >= 0.6 is 0 Å². The van der Waals surface area contributed by atoms with Gasteiger partial charge in [0.05, 0.1) is 0 Å². The monoisotopic (exact) mass is 471 g/mol. The van der Waals surface area contributed by atoms with Crippen LogP contribution in [0.5, 0.6) is 0 Å². The molecular weight excluding hydrogens is 425 g/mol. The lowest BCUT2D eigenvalue weighted by molar-refractivity contribution is -0.274. The Bertz CT molecular complexity index is 432. The van der Waals surface area contributed by atoms with E-state index in [0.717, 1.165) is 56.3 Å². The molecule has 0 atom stereocenters. The van der Waals surface area contributed by atoms with Crippen molar-refractivity contribution >= 4 is 5.91 Å². The Morgan fingerprint density at radius 1 is 0.531 bits per heavy atom. The van der Waals surface area contributed by atoms with Crippen molar-refractivity contribution in [1.29, 1.82) is 0 Å². The van der Waals surface area contributed by atoms with Gasteiger partial charge in [-0.05, 0) is 12.8 Å². The van der Waals surface area contributed by atoms with E-state index in [9.17, 15) is 26.7 Å². The van der Waals surface area contributed by atoms with Gasteiger partial charge in [-0.2, -0.15) is 22.0 Å². The highest BCUT2D eigenvalue weighted by Crippen LogP contribution is 2.37. The molecule has 0 saturated heterocycles. The Kier molecular flexibility index (Phi) is 18.0. The maximum absolute atomic E-state index is 13.6. The van der Waals surface area contributed by atoms with Crippen LogP contribution in [0, 0.1) is 0 Å². The van der Waals surface area contributed by atoms with E-state index < -0.39 is 18.0 Å². The highest BCUT2D eigenvalue weighted by Gasteiger charge is 2.64. The Labute approximate surface area is 192 Å². The molecule has 2 nitrogen and oxygen atoms in total. The summed E-state index contributed by atoms with van der Waals surface area (Å²) in [6.07, 6.45) is 12.3. The second kappa shape index (κ2) is 18.5. The molecule has 0 unspecified atom stereocenters. The highest BCUT2D eigenvalue weighted by atomic mass is 19.4. The van der Waals surface area contributed by atoms with Gasteiger partial charge in [-0.1, -0.05) is 117 Å². The molecule has 0 bridgehead atoms. The third-order valence-electron chi connectivity index (χ3n) is 5.98. The van der Waals surface area contributed by atoms with Crippen molar-refractivity contribution in [2.24, 2.45) is 0 Å². The van der Waals surface area contributed by atoms with E-state index in [2.05, 4.69) is 13.8 Å². The summed E-state index contributed by atoms with van der Waals surface area (Å²) in [7, 11) is 0. The van der Waals surface area contributed by atoms with E-state index in [-0.39, 0.29) is 13.1 Å². The van der Waals surface area contributed by atoms with Crippen LogP contribution in [0.4, 0.5) is 22.0 Å². The topological polar surface area (TPSA) is 20.3 Å². The molecule has 0 aliphatic carbocycles. The summed E-state index contributed by atoms with van der Waals surface area (Å²) in [6.45, 7) is 4.25. The largest absolute Gasteiger partial charge is 0.463 e. The van der Waals surface area contributed by atoms with Crippen molar-refractivity contribution in [3.05, 3.63) is 0 Å². The van der Waals surface area contributed by atoms with Gasteiger partial charge in [0.2, 0.25) is 0 Å². The molecule has 0 saturated carbocycles. The molecule has 0 fully saturated rings. The van der Waals surface area contributed by atoms with Crippen molar-refractivity contribution in [1.82, 2.24) is 4.90 Å². The number of hydrogen-bond donors (Lipinski definition) is 0. The third-order valence-corrected chi connectivity index (χ3v) is 5.98. The van der Waals surface area contributed by atoms with Gasteiger partial charge >= 0.3 is 18.0 Å². The van der Waals surface area contributed by atoms with Crippen LogP contribution in [0.25, 0.3) is 0 Å². The number of amides is 1. The summed E-state index contributed by atoms with van der Waals surface area (Å²) in [5, 5.41) is 0. The quantitative estimate of drug-likeness (QED) is 0.121. The molecule has 32 heavy (non-hydrogen) atoms. The van der Waals surface area contributed by atoms with Crippen LogP contribution in [0.3, 0.4) is 0 Å². The molecule has 0 aromatic rings. The van der Waals surface area contributed by atoms with Gasteiger partial charge in [-0.25, -0.2) is 0 Å². The summed E-state index contributed by atoms with van der Waals surface area (Å²) in [6, 6.07) is 0. The van der Waals surface area contributed by atoms with Gasteiger partial charge < -0.3 is 4.90 Å².